The van der Waals surface area contributed by atoms with E-state index in [0.717, 1.165) is 52.7 Å². The summed E-state index contributed by atoms with van der Waals surface area (Å²) in [5, 5.41) is 48.1. The van der Waals surface area contributed by atoms with Crippen LogP contribution in [0.3, 0.4) is 0 Å². The van der Waals surface area contributed by atoms with Crippen LogP contribution in [0.15, 0.2) is 107 Å². The third kappa shape index (κ3) is 7.10. The van der Waals surface area contributed by atoms with E-state index in [1.165, 1.54) is 37.3 Å². The fourth-order valence-corrected chi connectivity index (χ4v) is 5.61. The number of hydrogen-bond donors (Lipinski definition) is 0. The number of benzene rings is 2. The predicted molar refractivity (Wildman–Crippen MR) is 194 cm³/mol. The molecule has 0 amide bonds. The van der Waals surface area contributed by atoms with Gasteiger partial charge in [0.15, 0.2) is 11.6 Å². The summed E-state index contributed by atoms with van der Waals surface area (Å²) in [5.41, 5.74) is 3.28. The summed E-state index contributed by atoms with van der Waals surface area (Å²) in [4.78, 5) is 40.1. The van der Waals surface area contributed by atoms with Crippen LogP contribution in [-0.2, 0) is 44.7 Å². The van der Waals surface area contributed by atoms with Crippen molar-refractivity contribution in [1.82, 2.24) is 69.0 Å². The summed E-state index contributed by atoms with van der Waals surface area (Å²) in [6, 6.07) is 24.3. The molecule has 0 bridgehead atoms. The molecule has 8 heterocycles. The maximum absolute atomic E-state index is 11.4. The van der Waals surface area contributed by atoms with Crippen LogP contribution < -0.4 is 21.6 Å². The molecular weight excluding hydrogens is 751 g/mol. The quantitative estimate of drug-likeness (QED) is 0.158. The zero-order chi connectivity index (χ0) is 37.9. The molecule has 0 unspecified atom stereocenters. The summed E-state index contributed by atoms with van der Waals surface area (Å²) >= 11 is 0. The van der Waals surface area contributed by atoms with Crippen molar-refractivity contribution < 1.29 is 26.7 Å². The minimum atomic E-state index is -0.469. The molecule has 0 saturated carbocycles. The van der Waals surface area contributed by atoms with Gasteiger partial charge in [0.2, 0.25) is 0 Å². The fourth-order valence-electron chi connectivity index (χ4n) is 5.61. The Kier molecular flexibility index (Phi) is 10.7. The van der Waals surface area contributed by atoms with Gasteiger partial charge in [-0.2, -0.15) is 0 Å². The third-order valence-electron chi connectivity index (χ3n) is 8.48. The smallest absolute Gasteiger partial charge is 0.858 e. The fraction of sp³-hybridized carbons (Fsp3) is 0.111. The van der Waals surface area contributed by atoms with Crippen molar-refractivity contribution in [2.24, 2.45) is 28.2 Å². The van der Waals surface area contributed by atoms with Gasteiger partial charge < -0.3 is 19.3 Å². The van der Waals surface area contributed by atoms with Gasteiger partial charge in [0.25, 0.3) is 0 Å². The molecule has 0 aliphatic carbocycles. The molecule has 19 heteroatoms. The van der Waals surface area contributed by atoms with Crippen LogP contribution in [-0.4, -0.2) is 69.0 Å². The van der Waals surface area contributed by atoms with Gasteiger partial charge in [-0.1, -0.05) is 48.5 Å². The minimum absolute atomic E-state index is 0. The molecule has 4 aliphatic rings. The Balaban J connectivity index is 0.000000124. The van der Waals surface area contributed by atoms with E-state index in [1.54, 1.807) is 24.8 Å². The van der Waals surface area contributed by atoms with Crippen molar-refractivity contribution in [3.8, 4) is 34.8 Å². The van der Waals surface area contributed by atoms with Gasteiger partial charge in [0.1, 0.15) is 11.4 Å². The second-order valence-corrected chi connectivity index (χ2v) is 11.8. The normalized spacial score (nSPS) is 10.7. The van der Waals surface area contributed by atoms with E-state index in [0.29, 0.717) is 0 Å². The molecule has 55 heavy (non-hydrogen) atoms. The SMILES string of the molecule is Cn1c2nnnc-2c([O-])n(C)c1=O.Cn1c2nnnc-2c([O-])n(C)c1=O.[Ni+2].c1cnc2c(c1)ccc1cccnc12.c1cnc2c(c1)ccc1cccnc12. The van der Waals surface area contributed by atoms with Crippen LogP contribution >= 0.6 is 0 Å². The second-order valence-electron chi connectivity index (χ2n) is 11.8. The van der Waals surface area contributed by atoms with Crippen molar-refractivity contribution in [3.05, 3.63) is 119 Å². The van der Waals surface area contributed by atoms with Crippen molar-refractivity contribution in [1.29, 1.82) is 0 Å². The zero-order valence-electron chi connectivity index (χ0n) is 29.4. The molecule has 4 aliphatic heterocycles. The van der Waals surface area contributed by atoms with E-state index >= 15 is 0 Å². The van der Waals surface area contributed by atoms with Crippen LogP contribution in [0, 0.1) is 0 Å². The number of nitrogens with zero attached hydrogens (tertiary/aromatic N) is 14. The van der Waals surface area contributed by atoms with Gasteiger partial charge in [-0.05, 0) is 46.5 Å². The van der Waals surface area contributed by atoms with E-state index in [2.05, 4.69) is 99.3 Å². The summed E-state index contributed by atoms with van der Waals surface area (Å²) in [6.07, 6.45) is 7.21. The summed E-state index contributed by atoms with van der Waals surface area (Å²) < 4.78 is 4.41. The van der Waals surface area contributed by atoms with Crippen LogP contribution in [0.25, 0.3) is 66.6 Å². The average molecular weight is 779 g/mol. The maximum atomic E-state index is 11.4. The molecule has 10 rings (SSSR count). The molecule has 4 aromatic heterocycles. The number of rotatable bonds is 0. The van der Waals surface area contributed by atoms with Crippen molar-refractivity contribution in [3.63, 3.8) is 0 Å². The monoisotopic (exact) mass is 778 g/mol. The molecule has 276 valence electrons. The first-order valence-corrected chi connectivity index (χ1v) is 16.2. The second kappa shape index (κ2) is 15.8. The van der Waals surface area contributed by atoms with Crippen LogP contribution in [0.4, 0.5) is 0 Å². The number of fused-ring (bicyclic) bond motifs is 8. The van der Waals surface area contributed by atoms with Gasteiger partial charge >= 0.3 is 27.9 Å². The van der Waals surface area contributed by atoms with Gasteiger partial charge in [-0.3, -0.25) is 29.1 Å². The summed E-state index contributed by atoms with van der Waals surface area (Å²) in [7, 11) is 5.80. The van der Waals surface area contributed by atoms with Crippen molar-refractivity contribution in [2.45, 2.75) is 0 Å². The van der Waals surface area contributed by atoms with E-state index in [9.17, 15) is 19.8 Å². The Morgan fingerprint density at radius 3 is 1.02 bits per heavy atom. The largest absolute Gasteiger partial charge is 2.00 e. The van der Waals surface area contributed by atoms with E-state index in [4.69, 9.17) is 0 Å². The molecule has 0 N–H and O–H groups in total. The molecule has 6 aromatic rings. The Labute approximate surface area is 320 Å². The van der Waals surface area contributed by atoms with Gasteiger partial charge in [0.05, 0.1) is 22.1 Å². The Hall–Kier alpha value is -7.27. The first-order valence-electron chi connectivity index (χ1n) is 16.2. The molecule has 0 atom stereocenters. The number of hydrogen-bond acceptors (Lipinski definition) is 14. The molecule has 0 fully saturated rings. The van der Waals surface area contributed by atoms with E-state index < -0.39 is 23.1 Å². The third-order valence-corrected chi connectivity index (χ3v) is 8.48. The van der Waals surface area contributed by atoms with Crippen molar-refractivity contribution in [2.75, 3.05) is 0 Å². The molecule has 18 nitrogen and oxygen atoms in total. The zero-order valence-corrected chi connectivity index (χ0v) is 30.4. The molecular formula is C36H28N14NiO4. The van der Waals surface area contributed by atoms with E-state index in [-0.39, 0.29) is 39.5 Å². The Morgan fingerprint density at radius 1 is 0.436 bits per heavy atom. The van der Waals surface area contributed by atoms with Crippen LogP contribution in [0.1, 0.15) is 0 Å². The maximum Gasteiger partial charge on any atom is 2.00 e. The Bertz CT molecular complexity index is 2680. The van der Waals surface area contributed by atoms with E-state index in [1.807, 2.05) is 24.3 Å². The van der Waals surface area contributed by atoms with Crippen molar-refractivity contribution >= 4 is 43.6 Å². The number of pyridine rings is 4. The minimum Gasteiger partial charge on any atom is -0.858 e. The first kappa shape index (κ1) is 37.5. The van der Waals surface area contributed by atoms with Crippen LogP contribution in [0.2, 0.25) is 0 Å². The molecule has 0 radical (unpaired) electrons. The van der Waals surface area contributed by atoms with Crippen LogP contribution in [0.5, 0.6) is 11.8 Å². The molecule has 0 spiro atoms. The standard InChI is InChI=1S/2C12H8N2.2C6H7N5O2.Ni/c2*1-3-9-5-6-10-4-2-8-14-12(10)11(9)13-7-1;2*1-10-4-3(7-9-8-4)5(12)11(2)6(10)13;/h2*1-8H;2*12H,1-2H3;/q;;;;+2/p-2. The van der Waals surface area contributed by atoms with Gasteiger partial charge in [0, 0.05) is 74.5 Å². The molecule has 2 aromatic carbocycles. The number of aromatic nitrogens is 14. The predicted octanol–water partition coefficient (Wildman–Crippen LogP) is 1.74. The van der Waals surface area contributed by atoms with Gasteiger partial charge in [-0.15, -0.1) is 20.4 Å². The molecule has 0 saturated heterocycles. The summed E-state index contributed by atoms with van der Waals surface area (Å²) in [5.74, 6) is -0.507. The Morgan fingerprint density at radius 2 is 0.727 bits per heavy atom. The average Bonchev–Trinajstić information content (AvgIpc) is 3.93. The summed E-state index contributed by atoms with van der Waals surface area (Å²) in [6.45, 7) is 0. The van der Waals surface area contributed by atoms with Gasteiger partial charge in [-0.25, -0.2) is 9.59 Å². The topological polar surface area (TPSA) is 229 Å². The first-order chi connectivity index (χ1) is 26.2.